The molecule has 0 amide bonds. The lowest BCUT2D eigenvalue weighted by Crippen LogP contribution is -2.43. The summed E-state index contributed by atoms with van der Waals surface area (Å²) in [5.41, 5.74) is -0.335. The zero-order chi connectivity index (χ0) is 16.0. The Hall–Kier alpha value is -1.69. The van der Waals surface area contributed by atoms with E-state index in [1.165, 1.54) is 6.07 Å². The Morgan fingerprint density at radius 2 is 2.09 bits per heavy atom. The van der Waals surface area contributed by atoms with Gasteiger partial charge in [0.15, 0.2) is 5.96 Å². The fourth-order valence-electron chi connectivity index (χ4n) is 2.36. The number of benzene rings is 1. The third kappa shape index (κ3) is 4.66. The van der Waals surface area contributed by atoms with Crippen LogP contribution < -0.4 is 10.6 Å². The second-order valence-corrected chi connectivity index (χ2v) is 5.69. The fraction of sp³-hybridized carbons (Fsp3) is 0.562. The second-order valence-electron chi connectivity index (χ2n) is 5.69. The Morgan fingerprint density at radius 3 is 2.73 bits per heavy atom. The SMILES string of the molecule is CCNC(=NCC1(O)CCC1)NCCc1cc(F)ccc1F. The molecule has 6 heteroatoms. The molecule has 1 aliphatic carbocycles. The third-order valence-corrected chi connectivity index (χ3v) is 3.85. The summed E-state index contributed by atoms with van der Waals surface area (Å²) in [7, 11) is 0. The van der Waals surface area contributed by atoms with Gasteiger partial charge >= 0.3 is 0 Å². The lowest BCUT2D eigenvalue weighted by atomic mass is 9.80. The molecule has 4 nitrogen and oxygen atoms in total. The average molecular weight is 311 g/mol. The highest BCUT2D eigenvalue weighted by atomic mass is 19.1. The van der Waals surface area contributed by atoms with Crippen molar-refractivity contribution < 1.29 is 13.9 Å². The Bertz CT molecular complexity index is 530. The van der Waals surface area contributed by atoms with Gasteiger partial charge in [-0.2, -0.15) is 0 Å². The monoisotopic (exact) mass is 311 g/mol. The van der Waals surface area contributed by atoms with E-state index >= 15 is 0 Å². The normalized spacial score (nSPS) is 17.0. The van der Waals surface area contributed by atoms with Crippen LogP contribution in [-0.4, -0.2) is 36.3 Å². The summed E-state index contributed by atoms with van der Waals surface area (Å²) in [5.74, 6) is -0.266. The van der Waals surface area contributed by atoms with Gasteiger partial charge in [0.1, 0.15) is 11.6 Å². The van der Waals surface area contributed by atoms with E-state index in [-0.39, 0.29) is 0 Å². The lowest BCUT2D eigenvalue weighted by molar-refractivity contribution is -0.0236. The molecule has 0 aliphatic heterocycles. The molecule has 2 rings (SSSR count). The highest BCUT2D eigenvalue weighted by Gasteiger charge is 2.34. The van der Waals surface area contributed by atoms with Crippen LogP contribution in [0.25, 0.3) is 0 Å². The van der Waals surface area contributed by atoms with E-state index in [4.69, 9.17) is 0 Å². The summed E-state index contributed by atoms with van der Waals surface area (Å²) in [6.45, 7) is 3.43. The molecule has 0 radical (unpaired) electrons. The Labute approximate surface area is 129 Å². The van der Waals surface area contributed by atoms with Crippen LogP contribution in [0, 0.1) is 11.6 Å². The van der Waals surface area contributed by atoms with Crippen LogP contribution in [0.1, 0.15) is 31.7 Å². The van der Waals surface area contributed by atoms with Crippen LogP contribution in [0.15, 0.2) is 23.2 Å². The van der Waals surface area contributed by atoms with Gasteiger partial charge in [0.25, 0.3) is 0 Å². The number of halogens is 2. The quantitative estimate of drug-likeness (QED) is 0.556. The van der Waals surface area contributed by atoms with Crippen LogP contribution in [0.3, 0.4) is 0 Å². The van der Waals surface area contributed by atoms with E-state index in [0.717, 1.165) is 31.4 Å². The van der Waals surface area contributed by atoms with Gasteiger partial charge in [-0.05, 0) is 56.4 Å². The van der Waals surface area contributed by atoms with Crippen molar-refractivity contribution in [1.29, 1.82) is 0 Å². The molecule has 3 N–H and O–H groups in total. The molecule has 122 valence electrons. The highest BCUT2D eigenvalue weighted by molar-refractivity contribution is 5.79. The van der Waals surface area contributed by atoms with Crippen molar-refractivity contribution >= 4 is 5.96 Å². The van der Waals surface area contributed by atoms with E-state index in [1.807, 2.05) is 6.92 Å². The summed E-state index contributed by atoms with van der Waals surface area (Å²) >= 11 is 0. The first-order chi connectivity index (χ1) is 10.5. The van der Waals surface area contributed by atoms with Gasteiger partial charge in [-0.1, -0.05) is 0 Å². The van der Waals surface area contributed by atoms with Gasteiger partial charge < -0.3 is 15.7 Å². The Kier molecular flexibility index (Phi) is 5.71. The first-order valence-electron chi connectivity index (χ1n) is 7.71. The van der Waals surface area contributed by atoms with E-state index in [0.29, 0.717) is 37.6 Å². The molecule has 0 aromatic heterocycles. The van der Waals surface area contributed by atoms with Crippen molar-refractivity contribution in [2.75, 3.05) is 19.6 Å². The minimum absolute atomic E-state index is 0.334. The van der Waals surface area contributed by atoms with Gasteiger partial charge in [0.2, 0.25) is 0 Å². The van der Waals surface area contributed by atoms with Crippen LogP contribution in [0.5, 0.6) is 0 Å². The number of aliphatic hydroxyl groups is 1. The molecule has 0 spiro atoms. The lowest BCUT2D eigenvalue weighted by Gasteiger charge is -2.35. The summed E-state index contributed by atoms with van der Waals surface area (Å²) in [4.78, 5) is 4.35. The van der Waals surface area contributed by atoms with E-state index in [2.05, 4.69) is 15.6 Å². The topological polar surface area (TPSA) is 56.7 Å². The van der Waals surface area contributed by atoms with Crippen molar-refractivity contribution in [2.24, 2.45) is 4.99 Å². The molecule has 0 heterocycles. The number of hydrogen-bond donors (Lipinski definition) is 3. The molecule has 0 atom stereocenters. The van der Waals surface area contributed by atoms with Crippen molar-refractivity contribution in [3.05, 3.63) is 35.4 Å². The predicted molar refractivity (Wildman–Crippen MR) is 82.8 cm³/mol. The minimum Gasteiger partial charge on any atom is -0.388 e. The van der Waals surface area contributed by atoms with Crippen LogP contribution in [0.2, 0.25) is 0 Å². The number of hydrogen-bond acceptors (Lipinski definition) is 2. The summed E-state index contributed by atoms with van der Waals surface area (Å²) in [6.07, 6.45) is 2.96. The van der Waals surface area contributed by atoms with Gasteiger partial charge in [0.05, 0.1) is 12.1 Å². The Balaban J connectivity index is 1.85. The number of aliphatic imine (C=N–C) groups is 1. The smallest absolute Gasteiger partial charge is 0.191 e. The predicted octanol–water partition coefficient (Wildman–Crippen LogP) is 1.98. The molecule has 1 aromatic rings. The number of nitrogens with zero attached hydrogens (tertiary/aromatic N) is 1. The van der Waals surface area contributed by atoms with Gasteiger partial charge in [-0.3, -0.25) is 4.99 Å². The molecule has 0 saturated heterocycles. The average Bonchev–Trinajstić information content (AvgIpc) is 2.46. The van der Waals surface area contributed by atoms with Gasteiger partial charge in [-0.25, -0.2) is 8.78 Å². The summed E-state index contributed by atoms with van der Waals surface area (Å²) in [6, 6.07) is 3.45. The van der Waals surface area contributed by atoms with E-state index < -0.39 is 17.2 Å². The minimum atomic E-state index is -0.670. The molecular weight excluding hydrogens is 288 g/mol. The van der Waals surface area contributed by atoms with Crippen molar-refractivity contribution in [1.82, 2.24) is 10.6 Å². The van der Waals surface area contributed by atoms with Crippen LogP contribution in [-0.2, 0) is 6.42 Å². The maximum atomic E-state index is 13.5. The first-order valence-corrected chi connectivity index (χ1v) is 7.71. The molecule has 0 unspecified atom stereocenters. The summed E-state index contributed by atoms with van der Waals surface area (Å²) < 4.78 is 26.6. The zero-order valence-electron chi connectivity index (χ0n) is 12.8. The molecule has 1 saturated carbocycles. The second kappa shape index (κ2) is 7.54. The third-order valence-electron chi connectivity index (χ3n) is 3.85. The zero-order valence-corrected chi connectivity index (χ0v) is 12.8. The van der Waals surface area contributed by atoms with Gasteiger partial charge in [-0.15, -0.1) is 0 Å². The van der Waals surface area contributed by atoms with Crippen molar-refractivity contribution in [2.45, 2.75) is 38.2 Å². The van der Waals surface area contributed by atoms with Crippen molar-refractivity contribution in [3.8, 4) is 0 Å². The maximum Gasteiger partial charge on any atom is 0.191 e. The number of nitrogens with one attached hydrogen (secondary N) is 2. The first kappa shape index (κ1) is 16.7. The standard InChI is InChI=1S/C16H23F2N3O/c1-2-19-15(21-11-16(22)7-3-8-16)20-9-6-12-10-13(17)4-5-14(12)18/h4-5,10,22H,2-3,6-9,11H2,1H3,(H2,19,20,21). The highest BCUT2D eigenvalue weighted by Crippen LogP contribution is 2.31. The Morgan fingerprint density at radius 1 is 1.32 bits per heavy atom. The molecule has 0 bridgehead atoms. The molecular formula is C16H23F2N3O. The maximum absolute atomic E-state index is 13.5. The van der Waals surface area contributed by atoms with Gasteiger partial charge in [0, 0.05) is 13.1 Å². The molecule has 1 aromatic carbocycles. The van der Waals surface area contributed by atoms with Crippen LogP contribution >= 0.6 is 0 Å². The van der Waals surface area contributed by atoms with Crippen molar-refractivity contribution in [3.63, 3.8) is 0 Å². The fourth-order valence-corrected chi connectivity index (χ4v) is 2.36. The number of guanidine groups is 1. The largest absolute Gasteiger partial charge is 0.388 e. The molecule has 22 heavy (non-hydrogen) atoms. The van der Waals surface area contributed by atoms with E-state index in [1.54, 1.807) is 0 Å². The van der Waals surface area contributed by atoms with E-state index in [9.17, 15) is 13.9 Å². The molecule has 1 fully saturated rings. The number of rotatable bonds is 6. The summed E-state index contributed by atoms with van der Waals surface area (Å²) in [5, 5.41) is 16.2. The van der Waals surface area contributed by atoms with Crippen LogP contribution in [0.4, 0.5) is 8.78 Å². The molecule has 1 aliphatic rings.